The van der Waals surface area contributed by atoms with Gasteiger partial charge < -0.3 is 10.2 Å². The quantitative estimate of drug-likeness (QED) is 0.818. The third kappa shape index (κ3) is 4.84. The Hall–Kier alpha value is -1.82. The molecule has 2 rings (SSSR count). The van der Waals surface area contributed by atoms with Crippen LogP contribution in [0.3, 0.4) is 0 Å². The first-order chi connectivity index (χ1) is 11.3. The van der Waals surface area contributed by atoms with Gasteiger partial charge in [0.25, 0.3) is 0 Å². The van der Waals surface area contributed by atoms with Crippen LogP contribution < -0.4 is 10.2 Å². The van der Waals surface area contributed by atoms with E-state index in [9.17, 15) is 14.0 Å². The molecule has 0 fully saturated rings. The average molecular weight is 390 g/mol. The predicted octanol–water partition coefficient (Wildman–Crippen LogP) is 4.78. The number of benzene rings is 2. The number of carbonyl (C=O) groups is 2. The average Bonchev–Trinajstić information content (AvgIpc) is 2.46. The van der Waals surface area contributed by atoms with E-state index in [0.29, 0.717) is 21.4 Å². The minimum atomic E-state index is -0.609. The second kappa shape index (κ2) is 7.83. The van der Waals surface area contributed by atoms with Gasteiger partial charge in [-0.05, 0) is 36.4 Å². The molecule has 0 heterocycles. The molecule has 2 aromatic rings. The molecular weight excluding hydrogens is 378 g/mol. The highest BCUT2D eigenvalue weighted by Gasteiger charge is 2.17. The van der Waals surface area contributed by atoms with Crippen molar-refractivity contribution in [2.45, 2.75) is 6.92 Å². The van der Waals surface area contributed by atoms with Crippen LogP contribution in [0.1, 0.15) is 6.92 Å². The first-order valence-electron chi connectivity index (χ1n) is 6.75. The van der Waals surface area contributed by atoms with Crippen molar-refractivity contribution in [2.75, 3.05) is 16.8 Å². The number of hydrogen-bond donors (Lipinski definition) is 1. The van der Waals surface area contributed by atoms with Gasteiger partial charge in [0.1, 0.15) is 12.4 Å². The Morgan fingerprint density at radius 1 is 1.08 bits per heavy atom. The van der Waals surface area contributed by atoms with Crippen molar-refractivity contribution in [3.8, 4) is 0 Å². The van der Waals surface area contributed by atoms with Gasteiger partial charge in [0.15, 0.2) is 0 Å². The first kappa shape index (κ1) is 18.5. The van der Waals surface area contributed by atoms with Crippen LogP contribution in [0, 0.1) is 5.82 Å². The molecular formula is C16H12Cl3FN2O2. The van der Waals surface area contributed by atoms with Crippen molar-refractivity contribution in [1.82, 2.24) is 0 Å². The largest absolute Gasteiger partial charge is 0.324 e. The van der Waals surface area contributed by atoms with Crippen LogP contribution in [0.25, 0.3) is 0 Å². The van der Waals surface area contributed by atoms with E-state index in [4.69, 9.17) is 34.8 Å². The van der Waals surface area contributed by atoms with Crippen molar-refractivity contribution in [3.05, 3.63) is 57.3 Å². The van der Waals surface area contributed by atoms with Crippen LogP contribution in [0.5, 0.6) is 0 Å². The Balaban J connectivity index is 2.16. The van der Waals surface area contributed by atoms with Gasteiger partial charge in [0, 0.05) is 28.3 Å². The Kier molecular flexibility index (Phi) is 6.04. The number of rotatable bonds is 4. The molecule has 8 heteroatoms. The summed E-state index contributed by atoms with van der Waals surface area (Å²) >= 11 is 17.5. The molecule has 4 nitrogen and oxygen atoms in total. The van der Waals surface area contributed by atoms with Gasteiger partial charge in [0.05, 0.1) is 5.02 Å². The summed E-state index contributed by atoms with van der Waals surface area (Å²) < 4.78 is 13.2. The van der Waals surface area contributed by atoms with E-state index in [-0.39, 0.29) is 11.6 Å². The van der Waals surface area contributed by atoms with E-state index in [1.54, 1.807) is 0 Å². The summed E-state index contributed by atoms with van der Waals surface area (Å²) in [6, 6.07) is 8.35. The maximum Gasteiger partial charge on any atom is 0.244 e. The number of anilines is 2. The number of nitrogens with zero attached hydrogens (tertiary/aromatic N) is 1. The van der Waals surface area contributed by atoms with Crippen molar-refractivity contribution in [3.63, 3.8) is 0 Å². The van der Waals surface area contributed by atoms with Crippen LogP contribution in [0.4, 0.5) is 15.8 Å². The highest BCUT2D eigenvalue weighted by atomic mass is 35.5. The lowest BCUT2D eigenvalue weighted by Gasteiger charge is -2.21. The Morgan fingerprint density at radius 2 is 1.71 bits per heavy atom. The Bertz CT molecular complexity index is 779. The molecule has 2 amide bonds. The fourth-order valence-electron chi connectivity index (χ4n) is 2.01. The molecule has 0 aromatic heterocycles. The molecule has 1 N–H and O–H groups in total. The zero-order valence-electron chi connectivity index (χ0n) is 12.4. The zero-order valence-corrected chi connectivity index (χ0v) is 14.7. The van der Waals surface area contributed by atoms with Crippen LogP contribution >= 0.6 is 34.8 Å². The van der Waals surface area contributed by atoms with E-state index in [1.165, 1.54) is 42.2 Å². The van der Waals surface area contributed by atoms with Crippen molar-refractivity contribution in [1.29, 1.82) is 0 Å². The van der Waals surface area contributed by atoms with Crippen LogP contribution in [-0.2, 0) is 9.59 Å². The number of halogens is 4. The van der Waals surface area contributed by atoms with Gasteiger partial charge in [-0.15, -0.1) is 0 Å². The zero-order chi connectivity index (χ0) is 17.9. The van der Waals surface area contributed by atoms with Crippen LogP contribution in [-0.4, -0.2) is 18.4 Å². The van der Waals surface area contributed by atoms with Crippen LogP contribution in [0.15, 0.2) is 36.4 Å². The molecule has 0 saturated carbocycles. The molecule has 0 atom stereocenters. The minimum Gasteiger partial charge on any atom is -0.324 e. The van der Waals surface area contributed by atoms with E-state index in [2.05, 4.69) is 5.32 Å². The van der Waals surface area contributed by atoms with Gasteiger partial charge in [0.2, 0.25) is 11.8 Å². The highest BCUT2D eigenvalue weighted by molar-refractivity contribution is 6.35. The van der Waals surface area contributed by atoms with E-state index in [1.807, 2.05) is 0 Å². The molecule has 0 aliphatic carbocycles. The van der Waals surface area contributed by atoms with Gasteiger partial charge in [-0.3, -0.25) is 9.59 Å². The highest BCUT2D eigenvalue weighted by Crippen LogP contribution is 2.24. The second-order valence-corrected chi connectivity index (χ2v) is 6.19. The molecule has 126 valence electrons. The van der Waals surface area contributed by atoms with Gasteiger partial charge in [-0.2, -0.15) is 0 Å². The lowest BCUT2D eigenvalue weighted by atomic mass is 10.2. The molecule has 0 aliphatic rings. The summed E-state index contributed by atoms with van der Waals surface area (Å²) in [4.78, 5) is 25.2. The molecule has 0 spiro atoms. The summed E-state index contributed by atoms with van der Waals surface area (Å²) in [6.07, 6.45) is 0. The molecule has 0 bridgehead atoms. The number of hydrogen-bond acceptors (Lipinski definition) is 2. The fraction of sp³-hybridized carbons (Fsp3) is 0.125. The summed E-state index contributed by atoms with van der Waals surface area (Å²) in [5.41, 5.74) is 0.714. The second-order valence-electron chi connectivity index (χ2n) is 4.91. The molecule has 0 aliphatic heterocycles. The maximum absolute atomic E-state index is 13.2. The smallest absolute Gasteiger partial charge is 0.244 e. The third-order valence-electron chi connectivity index (χ3n) is 3.04. The standard InChI is InChI=1S/C16H12Cl3FN2O2/c1-9(23)22(13-2-3-15(20)14(19)7-13)8-16(24)21-12-5-10(17)4-11(18)6-12/h2-7H,8H2,1H3,(H,21,24). The van der Waals surface area contributed by atoms with Crippen molar-refractivity contribution in [2.24, 2.45) is 0 Å². The number of amides is 2. The van der Waals surface area contributed by atoms with E-state index in [0.717, 1.165) is 6.07 Å². The van der Waals surface area contributed by atoms with Crippen LogP contribution in [0.2, 0.25) is 15.1 Å². The lowest BCUT2D eigenvalue weighted by molar-refractivity contribution is -0.120. The number of carbonyl (C=O) groups excluding carboxylic acids is 2. The van der Waals surface area contributed by atoms with Gasteiger partial charge >= 0.3 is 0 Å². The maximum atomic E-state index is 13.2. The monoisotopic (exact) mass is 388 g/mol. The molecule has 0 saturated heterocycles. The Morgan fingerprint density at radius 3 is 2.25 bits per heavy atom. The molecule has 0 unspecified atom stereocenters. The molecule has 0 radical (unpaired) electrons. The normalized spacial score (nSPS) is 10.4. The van der Waals surface area contributed by atoms with Gasteiger partial charge in [-0.1, -0.05) is 34.8 Å². The SMILES string of the molecule is CC(=O)N(CC(=O)Nc1cc(Cl)cc(Cl)c1)c1ccc(F)c(Cl)c1. The molecule has 2 aromatic carbocycles. The summed E-state index contributed by atoms with van der Waals surface area (Å²) in [5.74, 6) is -1.47. The minimum absolute atomic E-state index is 0.138. The van der Waals surface area contributed by atoms with E-state index >= 15 is 0 Å². The van der Waals surface area contributed by atoms with Gasteiger partial charge in [-0.25, -0.2) is 4.39 Å². The van der Waals surface area contributed by atoms with E-state index < -0.39 is 17.6 Å². The topological polar surface area (TPSA) is 49.4 Å². The third-order valence-corrected chi connectivity index (χ3v) is 3.77. The lowest BCUT2D eigenvalue weighted by Crippen LogP contribution is -2.36. The summed E-state index contributed by atoms with van der Waals surface area (Å²) in [6.45, 7) is 1.02. The Labute approximate surface area is 153 Å². The summed E-state index contributed by atoms with van der Waals surface area (Å²) in [5, 5.41) is 3.19. The fourth-order valence-corrected chi connectivity index (χ4v) is 2.71. The number of nitrogens with one attached hydrogen (secondary N) is 1. The summed E-state index contributed by atoms with van der Waals surface area (Å²) in [7, 11) is 0. The first-order valence-corrected chi connectivity index (χ1v) is 7.89. The molecule has 24 heavy (non-hydrogen) atoms. The van der Waals surface area contributed by atoms with Crippen molar-refractivity contribution < 1.29 is 14.0 Å². The van der Waals surface area contributed by atoms with Crippen molar-refractivity contribution >= 4 is 58.0 Å². The predicted molar refractivity (Wildman–Crippen MR) is 94.5 cm³/mol.